The fourth-order valence-corrected chi connectivity index (χ4v) is 1.37. The van der Waals surface area contributed by atoms with Crippen molar-refractivity contribution in [1.29, 1.82) is 0 Å². The summed E-state index contributed by atoms with van der Waals surface area (Å²) in [6.45, 7) is 9.54. The van der Waals surface area contributed by atoms with Gasteiger partial charge in [-0.15, -0.1) is 0 Å². The molecular weight excluding hydrogens is 205 g/mol. The number of likely N-dealkylation sites (N-methyl/N-ethyl adjacent to an activating group) is 1. The van der Waals surface area contributed by atoms with Crippen LogP contribution in [0.4, 0.5) is 4.39 Å². The SMILES string of the molecule is CC.CCCC(C(C)OC)N(C)C.CCF. The average molecular weight is 237 g/mol. The van der Waals surface area contributed by atoms with Crippen molar-refractivity contribution in [3.05, 3.63) is 0 Å². The Morgan fingerprint density at radius 3 is 1.75 bits per heavy atom. The van der Waals surface area contributed by atoms with E-state index in [1.54, 1.807) is 7.11 Å². The van der Waals surface area contributed by atoms with Crippen molar-refractivity contribution >= 4 is 0 Å². The Kier molecular flexibility index (Phi) is 22.8. The Balaban J connectivity index is -0.000000289. The molecule has 2 unspecified atom stereocenters. The number of rotatable bonds is 5. The highest BCUT2D eigenvalue weighted by Crippen LogP contribution is 2.09. The lowest BCUT2D eigenvalue weighted by Gasteiger charge is -2.28. The summed E-state index contributed by atoms with van der Waals surface area (Å²) in [5, 5.41) is 0. The van der Waals surface area contributed by atoms with Crippen molar-refractivity contribution in [2.75, 3.05) is 27.9 Å². The lowest BCUT2D eigenvalue weighted by atomic mass is 10.1. The highest BCUT2D eigenvalue weighted by Gasteiger charge is 2.17. The Hall–Kier alpha value is -0.150. The molecule has 0 bridgehead atoms. The third-order valence-electron chi connectivity index (χ3n) is 2.16. The number of hydrogen-bond donors (Lipinski definition) is 0. The maximum atomic E-state index is 10.3. The second-order valence-electron chi connectivity index (χ2n) is 3.53. The van der Waals surface area contributed by atoms with Gasteiger partial charge in [0.2, 0.25) is 0 Å². The van der Waals surface area contributed by atoms with Crippen molar-refractivity contribution in [3.8, 4) is 0 Å². The van der Waals surface area contributed by atoms with Crippen LogP contribution in [0, 0.1) is 0 Å². The first kappa shape index (κ1) is 21.2. The largest absolute Gasteiger partial charge is 0.380 e. The van der Waals surface area contributed by atoms with Crippen LogP contribution in [0.2, 0.25) is 0 Å². The number of halogens is 1. The zero-order valence-electron chi connectivity index (χ0n) is 12.5. The molecule has 0 heterocycles. The van der Waals surface area contributed by atoms with E-state index < -0.39 is 0 Å². The van der Waals surface area contributed by atoms with Crippen LogP contribution in [0.25, 0.3) is 0 Å². The zero-order chi connectivity index (χ0) is 13.6. The highest BCUT2D eigenvalue weighted by molar-refractivity contribution is 4.72. The van der Waals surface area contributed by atoms with Gasteiger partial charge in [0.05, 0.1) is 12.8 Å². The van der Waals surface area contributed by atoms with Gasteiger partial charge < -0.3 is 9.64 Å². The van der Waals surface area contributed by atoms with Gasteiger partial charge in [0.25, 0.3) is 0 Å². The fraction of sp³-hybridized carbons (Fsp3) is 1.00. The van der Waals surface area contributed by atoms with Crippen molar-refractivity contribution in [2.45, 2.75) is 59.6 Å². The molecule has 0 aliphatic carbocycles. The van der Waals surface area contributed by atoms with Crippen molar-refractivity contribution in [1.82, 2.24) is 4.90 Å². The fourth-order valence-electron chi connectivity index (χ4n) is 1.37. The van der Waals surface area contributed by atoms with Crippen molar-refractivity contribution in [3.63, 3.8) is 0 Å². The zero-order valence-corrected chi connectivity index (χ0v) is 12.5. The number of alkyl halides is 1. The topological polar surface area (TPSA) is 12.5 Å². The summed E-state index contributed by atoms with van der Waals surface area (Å²) in [6.07, 6.45) is 2.77. The summed E-state index contributed by atoms with van der Waals surface area (Å²) in [4.78, 5) is 2.23. The smallest absolute Gasteiger partial charge is 0.0866 e. The molecule has 0 N–H and O–H groups in total. The molecule has 2 atom stereocenters. The molecule has 0 aromatic heterocycles. The predicted octanol–water partition coefficient (Wildman–Crippen LogP) is 3.75. The summed E-state index contributed by atoms with van der Waals surface area (Å²) >= 11 is 0. The van der Waals surface area contributed by atoms with Crippen LogP contribution < -0.4 is 0 Å². The Bertz CT molecular complexity index is 110. The Morgan fingerprint density at radius 1 is 1.19 bits per heavy atom. The average Bonchev–Trinajstić information content (AvgIpc) is 2.28. The van der Waals surface area contributed by atoms with Crippen LogP contribution in [0.15, 0.2) is 0 Å². The first-order valence-corrected chi connectivity index (χ1v) is 6.30. The molecule has 2 nitrogen and oxygen atoms in total. The van der Waals surface area contributed by atoms with E-state index in [1.165, 1.54) is 19.8 Å². The molecule has 0 aromatic rings. The Labute approximate surface area is 102 Å². The van der Waals surface area contributed by atoms with Crippen LogP contribution in [0.3, 0.4) is 0 Å². The van der Waals surface area contributed by atoms with Crippen LogP contribution in [-0.2, 0) is 4.74 Å². The lowest BCUT2D eigenvalue weighted by Crippen LogP contribution is -2.38. The Morgan fingerprint density at radius 2 is 1.56 bits per heavy atom. The molecule has 16 heavy (non-hydrogen) atoms. The molecule has 0 aliphatic heterocycles. The minimum absolute atomic E-state index is 0.250. The van der Waals surface area contributed by atoms with Gasteiger partial charge >= 0.3 is 0 Å². The van der Waals surface area contributed by atoms with Crippen molar-refractivity contribution < 1.29 is 9.13 Å². The lowest BCUT2D eigenvalue weighted by molar-refractivity contribution is 0.0414. The summed E-state index contributed by atoms with van der Waals surface area (Å²) in [5.74, 6) is 0. The first-order valence-electron chi connectivity index (χ1n) is 6.30. The molecule has 0 aromatic carbocycles. The van der Waals surface area contributed by atoms with Gasteiger partial charge in [-0.2, -0.15) is 0 Å². The summed E-state index contributed by atoms with van der Waals surface area (Å²) in [7, 11) is 5.99. The van der Waals surface area contributed by atoms with E-state index in [-0.39, 0.29) is 6.67 Å². The molecule has 102 valence electrons. The molecule has 0 fully saturated rings. The standard InChI is InChI=1S/C9H21NO.C2H5F.C2H6/c1-6-7-9(10(3)4)8(2)11-5;1-2-3;1-2/h8-9H,6-7H2,1-5H3;2H2,1H3;1-2H3. The van der Waals surface area contributed by atoms with Gasteiger partial charge in [0, 0.05) is 13.2 Å². The monoisotopic (exact) mass is 237 g/mol. The summed E-state index contributed by atoms with van der Waals surface area (Å²) in [5.41, 5.74) is 0. The molecule has 0 saturated carbocycles. The molecule has 0 aliphatic rings. The molecule has 0 spiro atoms. The van der Waals surface area contributed by atoms with E-state index in [1.807, 2.05) is 13.8 Å². The number of nitrogens with zero attached hydrogens (tertiary/aromatic N) is 1. The van der Waals surface area contributed by atoms with Gasteiger partial charge in [-0.05, 0) is 34.4 Å². The summed E-state index contributed by atoms with van der Waals surface area (Å²) < 4.78 is 15.6. The van der Waals surface area contributed by atoms with Crippen LogP contribution in [-0.4, -0.2) is 44.9 Å². The maximum absolute atomic E-state index is 10.3. The molecule has 0 saturated heterocycles. The molecule has 3 heteroatoms. The van der Waals surface area contributed by atoms with Crippen LogP contribution in [0.1, 0.15) is 47.5 Å². The second-order valence-corrected chi connectivity index (χ2v) is 3.53. The van der Waals surface area contributed by atoms with Gasteiger partial charge in [0.15, 0.2) is 0 Å². The van der Waals surface area contributed by atoms with E-state index in [0.717, 1.165) is 0 Å². The van der Waals surface area contributed by atoms with E-state index in [0.29, 0.717) is 12.1 Å². The number of hydrogen-bond acceptors (Lipinski definition) is 2. The van der Waals surface area contributed by atoms with Gasteiger partial charge in [-0.3, -0.25) is 4.39 Å². The first-order chi connectivity index (χ1) is 7.54. The van der Waals surface area contributed by atoms with Gasteiger partial charge in [-0.25, -0.2) is 0 Å². The number of methoxy groups -OCH3 is 1. The highest BCUT2D eigenvalue weighted by atomic mass is 19.1. The van der Waals surface area contributed by atoms with Gasteiger partial charge in [0.1, 0.15) is 0 Å². The maximum Gasteiger partial charge on any atom is 0.0866 e. The number of ether oxygens (including phenoxy) is 1. The third-order valence-corrected chi connectivity index (χ3v) is 2.16. The third kappa shape index (κ3) is 13.8. The predicted molar refractivity (Wildman–Crippen MR) is 71.9 cm³/mol. The molecule has 0 amide bonds. The second kappa shape index (κ2) is 17.3. The minimum atomic E-state index is -0.250. The van der Waals surface area contributed by atoms with E-state index in [9.17, 15) is 4.39 Å². The molecule has 0 radical (unpaired) electrons. The van der Waals surface area contributed by atoms with E-state index >= 15 is 0 Å². The summed E-state index contributed by atoms with van der Waals surface area (Å²) in [6, 6.07) is 0.560. The van der Waals surface area contributed by atoms with Crippen molar-refractivity contribution in [2.24, 2.45) is 0 Å². The molecule has 0 rings (SSSR count). The normalized spacial score (nSPS) is 13.1. The van der Waals surface area contributed by atoms with Crippen LogP contribution in [0.5, 0.6) is 0 Å². The van der Waals surface area contributed by atoms with Gasteiger partial charge in [-0.1, -0.05) is 27.2 Å². The quantitative estimate of drug-likeness (QED) is 0.722. The van der Waals surface area contributed by atoms with E-state index in [4.69, 9.17) is 4.74 Å². The minimum Gasteiger partial charge on any atom is -0.380 e. The van der Waals surface area contributed by atoms with Crippen LogP contribution >= 0.6 is 0 Å². The molecular formula is C13H32FNO. The van der Waals surface area contributed by atoms with E-state index in [2.05, 4.69) is 32.8 Å².